The Morgan fingerprint density at radius 3 is 2.63 bits per heavy atom. The molecule has 3 N–H and O–H groups in total. The maximum Gasteiger partial charge on any atom is 0.315 e. The second-order valence-corrected chi connectivity index (χ2v) is 7.00. The van der Waals surface area contributed by atoms with E-state index in [1.807, 2.05) is 0 Å². The summed E-state index contributed by atoms with van der Waals surface area (Å²) in [7, 11) is -3.07. The summed E-state index contributed by atoms with van der Waals surface area (Å²) in [5.74, 6) is -0.855. The maximum absolute atomic E-state index is 11.7. The highest BCUT2D eigenvalue weighted by atomic mass is 32.2. The third kappa shape index (κ3) is 5.91. The SMILES string of the molecule is CCC(CC(=O)O)NC(=O)NC1CCCS(=O)(=O)C1. The van der Waals surface area contributed by atoms with Gasteiger partial charge in [0.15, 0.2) is 9.84 Å². The van der Waals surface area contributed by atoms with E-state index in [1.165, 1.54) is 0 Å². The molecule has 0 aliphatic carbocycles. The topological polar surface area (TPSA) is 113 Å². The Bertz CT molecular complexity index is 434. The Labute approximate surface area is 112 Å². The van der Waals surface area contributed by atoms with Crippen LogP contribution < -0.4 is 10.6 Å². The number of nitrogens with one attached hydrogen (secondary N) is 2. The molecule has 1 fully saturated rings. The first kappa shape index (κ1) is 15.7. The zero-order valence-corrected chi connectivity index (χ0v) is 11.7. The van der Waals surface area contributed by atoms with Gasteiger partial charge in [0.25, 0.3) is 0 Å². The molecule has 0 radical (unpaired) electrons. The number of carbonyl (C=O) groups excluding carboxylic acids is 1. The van der Waals surface area contributed by atoms with Gasteiger partial charge in [-0.15, -0.1) is 0 Å². The molecule has 2 unspecified atom stereocenters. The van der Waals surface area contributed by atoms with Crippen molar-refractivity contribution in [1.29, 1.82) is 0 Å². The van der Waals surface area contributed by atoms with Gasteiger partial charge in [0.05, 0.1) is 17.9 Å². The normalized spacial score (nSPS) is 23.3. The molecular weight excluding hydrogens is 272 g/mol. The van der Waals surface area contributed by atoms with Gasteiger partial charge in [-0.05, 0) is 19.3 Å². The summed E-state index contributed by atoms with van der Waals surface area (Å²) >= 11 is 0. The van der Waals surface area contributed by atoms with Gasteiger partial charge in [0.2, 0.25) is 0 Å². The number of carbonyl (C=O) groups is 2. The Hall–Kier alpha value is -1.31. The smallest absolute Gasteiger partial charge is 0.315 e. The lowest BCUT2D eigenvalue weighted by atomic mass is 10.1. The highest BCUT2D eigenvalue weighted by Gasteiger charge is 2.26. The van der Waals surface area contributed by atoms with E-state index in [2.05, 4.69) is 10.6 Å². The van der Waals surface area contributed by atoms with E-state index in [0.717, 1.165) is 0 Å². The number of aliphatic carboxylic acids is 1. The lowest BCUT2D eigenvalue weighted by molar-refractivity contribution is -0.137. The van der Waals surface area contributed by atoms with E-state index in [0.29, 0.717) is 19.3 Å². The van der Waals surface area contributed by atoms with Crippen LogP contribution in [0.4, 0.5) is 4.79 Å². The Kier molecular flexibility index (Phi) is 5.59. The monoisotopic (exact) mass is 292 g/mol. The Morgan fingerprint density at radius 1 is 1.42 bits per heavy atom. The zero-order valence-electron chi connectivity index (χ0n) is 10.9. The van der Waals surface area contributed by atoms with Crippen molar-refractivity contribution < 1.29 is 23.1 Å². The predicted octanol–water partition coefficient (Wildman–Crippen LogP) is 0.116. The fraction of sp³-hybridized carbons (Fsp3) is 0.818. The summed E-state index contributed by atoms with van der Waals surface area (Å²) in [5, 5.41) is 13.8. The van der Waals surface area contributed by atoms with E-state index < -0.39 is 27.9 Å². The molecule has 110 valence electrons. The molecule has 19 heavy (non-hydrogen) atoms. The van der Waals surface area contributed by atoms with Crippen molar-refractivity contribution in [2.75, 3.05) is 11.5 Å². The number of hydrogen-bond acceptors (Lipinski definition) is 4. The van der Waals surface area contributed by atoms with Gasteiger partial charge in [0, 0.05) is 12.1 Å². The van der Waals surface area contributed by atoms with Crippen LogP contribution in [0.25, 0.3) is 0 Å². The van der Waals surface area contributed by atoms with E-state index in [-0.39, 0.29) is 24.0 Å². The van der Waals surface area contributed by atoms with E-state index >= 15 is 0 Å². The molecule has 8 heteroatoms. The fourth-order valence-corrected chi connectivity index (χ4v) is 3.69. The largest absolute Gasteiger partial charge is 0.481 e. The van der Waals surface area contributed by atoms with Gasteiger partial charge in [-0.2, -0.15) is 0 Å². The standard InChI is InChI=1S/C11H20N2O5S/c1-2-8(6-10(14)15)12-11(16)13-9-4-3-5-19(17,18)7-9/h8-9H,2-7H2,1H3,(H,14,15)(H2,12,13,16). The number of urea groups is 1. The molecule has 2 amide bonds. The molecule has 1 saturated heterocycles. The van der Waals surface area contributed by atoms with Crippen molar-refractivity contribution in [3.63, 3.8) is 0 Å². The van der Waals surface area contributed by atoms with Crippen LogP contribution in [0.1, 0.15) is 32.6 Å². The number of rotatable bonds is 5. The van der Waals surface area contributed by atoms with E-state index in [4.69, 9.17) is 5.11 Å². The van der Waals surface area contributed by atoms with Gasteiger partial charge >= 0.3 is 12.0 Å². The van der Waals surface area contributed by atoms with Crippen LogP contribution in [0.3, 0.4) is 0 Å². The number of carboxylic acids is 1. The minimum atomic E-state index is -3.07. The molecule has 0 aromatic carbocycles. The molecule has 0 aromatic rings. The van der Waals surface area contributed by atoms with Gasteiger partial charge in [-0.1, -0.05) is 6.92 Å². The molecule has 0 bridgehead atoms. The molecule has 1 heterocycles. The van der Waals surface area contributed by atoms with Crippen molar-refractivity contribution in [2.45, 2.75) is 44.7 Å². The van der Waals surface area contributed by atoms with Gasteiger partial charge in [0.1, 0.15) is 0 Å². The Balaban J connectivity index is 2.44. The molecule has 1 aliphatic heterocycles. The summed E-state index contributed by atoms with van der Waals surface area (Å²) in [6, 6.07) is -1.34. The fourth-order valence-electron chi connectivity index (χ4n) is 2.06. The van der Waals surface area contributed by atoms with E-state index in [1.54, 1.807) is 6.92 Å². The molecule has 7 nitrogen and oxygen atoms in total. The molecule has 2 atom stereocenters. The van der Waals surface area contributed by atoms with Crippen LogP contribution in [0, 0.1) is 0 Å². The lowest BCUT2D eigenvalue weighted by Crippen LogP contribution is -2.50. The second kappa shape index (κ2) is 6.74. The first-order valence-electron chi connectivity index (χ1n) is 6.31. The lowest BCUT2D eigenvalue weighted by Gasteiger charge is -2.24. The average molecular weight is 292 g/mol. The third-order valence-electron chi connectivity index (χ3n) is 3.05. The van der Waals surface area contributed by atoms with Crippen LogP contribution in [0.5, 0.6) is 0 Å². The molecule has 0 spiro atoms. The minimum Gasteiger partial charge on any atom is -0.481 e. The number of amides is 2. The molecular formula is C11H20N2O5S. The van der Waals surface area contributed by atoms with Gasteiger partial charge in [-0.3, -0.25) is 4.79 Å². The molecule has 1 aliphatic rings. The van der Waals surface area contributed by atoms with Crippen LogP contribution >= 0.6 is 0 Å². The van der Waals surface area contributed by atoms with Crippen molar-refractivity contribution in [1.82, 2.24) is 10.6 Å². The van der Waals surface area contributed by atoms with Crippen molar-refractivity contribution in [2.24, 2.45) is 0 Å². The molecule has 0 saturated carbocycles. The van der Waals surface area contributed by atoms with Gasteiger partial charge in [-0.25, -0.2) is 13.2 Å². The average Bonchev–Trinajstić information content (AvgIpc) is 2.25. The summed E-state index contributed by atoms with van der Waals surface area (Å²) in [6.07, 6.45) is 1.53. The quantitative estimate of drug-likeness (QED) is 0.666. The Morgan fingerprint density at radius 2 is 2.11 bits per heavy atom. The van der Waals surface area contributed by atoms with Crippen molar-refractivity contribution >= 4 is 21.8 Å². The van der Waals surface area contributed by atoms with Crippen LogP contribution in [0.2, 0.25) is 0 Å². The highest BCUT2D eigenvalue weighted by molar-refractivity contribution is 7.91. The maximum atomic E-state index is 11.7. The highest BCUT2D eigenvalue weighted by Crippen LogP contribution is 2.11. The summed E-state index contributed by atoms with van der Waals surface area (Å²) < 4.78 is 22.8. The second-order valence-electron chi connectivity index (χ2n) is 4.77. The van der Waals surface area contributed by atoms with E-state index in [9.17, 15) is 18.0 Å². The first-order chi connectivity index (χ1) is 8.82. The predicted molar refractivity (Wildman–Crippen MR) is 69.7 cm³/mol. The summed E-state index contributed by atoms with van der Waals surface area (Å²) in [5.41, 5.74) is 0. The van der Waals surface area contributed by atoms with Crippen LogP contribution in [-0.2, 0) is 14.6 Å². The van der Waals surface area contributed by atoms with Crippen LogP contribution in [0.15, 0.2) is 0 Å². The summed E-state index contributed by atoms with van der Waals surface area (Å²) in [4.78, 5) is 22.2. The number of hydrogen-bond donors (Lipinski definition) is 3. The number of sulfone groups is 1. The van der Waals surface area contributed by atoms with Crippen LogP contribution in [-0.4, -0.2) is 49.1 Å². The van der Waals surface area contributed by atoms with Crippen molar-refractivity contribution in [3.8, 4) is 0 Å². The van der Waals surface area contributed by atoms with Gasteiger partial charge < -0.3 is 15.7 Å². The zero-order chi connectivity index (χ0) is 14.5. The first-order valence-corrected chi connectivity index (χ1v) is 8.13. The van der Waals surface area contributed by atoms with Crippen molar-refractivity contribution in [3.05, 3.63) is 0 Å². The number of carboxylic acid groups (broad SMARTS) is 1. The third-order valence-corrected chi connectivity index (χ3v) is 4.87. The molecule has 0 aromatic heterocycles. The molecule has 1 rings (SSSR count). The summed E-state index contributed by atoms with van der Waals surface area (Å²) in [6.45, 7) is 1.78. The minimum absolute atomic E-state index is 0.0455.